The molecule has 0 bridgehead atoms. The molecule has 1 aromatic rings. The third-order valence-electron chi connectivity index (χ3n) is 4.95. The van der Waals surface area contributed by atoms with Crippen LogP contribution >= 0.6 is 0 Å². The third kappa shape index (κ3) is 4.97. The predicted octanol–water partition coefficient (Wildman–Crippen LogP) is 2.15. The molecule has 6 heteroatoms. The Morgan fingerprint density at radius 3 is 2.54 bits per heavy atom. The number of ether oxygens (including phenoxy) is 1. The monoisotopic (exact) mass is 361 g/mol. The van der Waals surface area contributed by atoms with Crippen LogP contribution in [0.1, 0.15) is 37.6 Å². The zero-order valence-electron chi connectivity index (χ0n) is 16.5. The summed E-state index contributed by atoms with van der Waals surface area (Å²) in [6, 6.07) is 7.66. The molecule has 2 rings (SSSR count). The van der Waals surface area contributed by atoms with Crippen LogP contribution in [-0.2, 0) is 9.53 Å². The predicted molar refractivity (Wildman–Crippen MR) is 103 cm³/mol. The minimum atomic E-state index is -0.446. The molecule has 0 radical (unpaired) electrons. The van der Waals surface area contributed by atoms with Crippen molar-refractivity contribution >= 4 is 17.5 Å². The van der Waals surface area contributed by atoms with Crippen molar-refractivity contribution in [3.05, 3.63) is 29.8 Å². The van der Waals surface area contributed by atoms with Gasteiger partial charge in [-0.25, -0.2) is 0 Å². The van der Waals surface area contributed by atoms with Crippen LogP contribution < -0.4 is 10.2 Å². The van der Waals surface area contributed by atoms with E-state index in [1.165, 1.54) is 0 Å². The number of hydrogen-bond donors (Lipinski definition) is 1. The first-order valence-corrected chi connectivity index (χ1v) is 9.22. The lowest BCUT2D eigenvalue weighted by molar-refractivity contribution is -0.131. The second-order valence-electron chi connectivity index (χ2n) is 7.54. The van der Waals surface area contributed by atoms with Crippen molar-refractivity contribution in [2.75, 3.05) is 45.2 Å². The molecule has 2 atom stereocenters. The SMILES string of the molecule is CCOC(C)C(=O)NCC1(C)CCN(C(=O)c2ccc(N(C)C)cc2)C1. The summed E-state index contributed by atoms with van der Waals surface area (Å²) in [5.74, 6) is -0.0508. The molecular formula is C20H31N3O3. The van der Waals surface area contributed by atoms with E-state index in [0.717, 1.165) is 12.1 Å². The lowest BCUT2D eigenvalue weighted by atomic mass is 9.90. The Kier molecular flexibility index (Phi) is 6.64. The van der Waals surface area contributed by atoms with Crippen molar-refractivity contribution in [2.24, 2.45) is 5.41 Å². The molecule has 1 aliphatic rings. The van der Waals surface area contributed by atoms with Crippen molar-refractivity contribution in [1.29, 1.82) is 0 Å². The van der Waals surface area contributed by atoms with Crippen molar-refractivity contribution in [2.45, 2.75) is 33.3 Å². The summed E-state index contributed by atoms with van der Waals surface area (Å²) >= 11 is 0. The lowest BCUT2D eigenvalue weighted by Gasteiger charge is -2.26. The molecule has 0 aromatic heterocycles. The number of benzene rings is 1. The van der Waals surface area contributed by atoms with Crippen LogP contribution in [0, 0.1) is 5.41 Å². The normalized spacial score (nSPS) is 20.7. The first-order valence-electron chi connectivity index (χ1n) is 9.22. The molecule has 1 fully saturated rings. The molecule has 1 aromatic carbocycles. The fourth-order valence-corrected chi connectivity index (χ4v) is 3.20. The molecule has 1 N–H and O–H groups in total. The number of carbonyl (C=O) groups is 2. The van der Waals surface area contributed by atoms with E-state index in [4.69, 9.17) is 4.74 Å². The van der Waals surface area contributed by atoms with Crippen molar-refractivity contribution < 1.29 is 14.3 Å². The zero-order chi connectivity index (χ0) is 19.3. The van der Waals surface area contributed by atoms with Crippen LogP contribution in [0.5, 0.6) is 0 Å². The topological polar surface area (TPSA) is 61.9 Å². The Hall–Kier alpha value is -2.08. The van der Waals surface area contributed by atoms with E-state index in [-0.39, 0.29) is 17.2 Å². The van der Waals surface area contributed by atoms with Gasteiger partial charge in [0.1, 0.15) is 6.10 Å². The smallest absolute Gasteiger partial charge is 0.253 e. The summed E-state index contributed by atoms with van der Waals surface area (Å²) in [6.45, 7) is 8.15. The highest BCUT2D eigenvalue weighted by molar-refractivity contribution is 5.94. The molecule has 26 heavy (non-hydrogen) atoms. The number of carbonyl (C=O) groups excluding carboxylic acids is 2. The van der Waals surface area contributed by atoms with Crippen LogP contribution in [-0.4, -0.2) is 63.2 Å². The first-order chi connectivity index (χ1) is 12.3. The highest BCUT2D eigenvalue weighted by Crippen LogP contribution is 2.30. The molecule has 0 spiro atoms. The molecule has 144 valence electrons. The Balaban J connectivity index is 1.91. The Bertz CT molecular complexity index is 630. The number of amides is 2. The molecule has 0 aliphatic carbocycles. The average Bonchev–Trinajstić information content (AvgIpc) is 3.02. The van der Waals surface area contributed by atoms with E-state index >= 15 is 0 Å². The average molecular weight is 361 g/mol. The third-order valence-corrected chi connectivity index (χ3v) is 4.95. The largest absolute Gasteiger partial charge is 0.378 e. The van der Waals surface area contributed by atoms with Gasteiger partial charge in [-0.2, -0.15) is 0 Å². The molecule has 2 unspecified atom stereocenters. The van der Waals surface area contributed by atoms with E-state index in [2.05, 4.69) is 12.2 Å². The fraction of sp³-hybridized carbons (Fsp3) is 0.600. The van der Waals surface area contributed by atoms with E-state index in [9.17, 15) is 9.59 Å². The van der Waals surface area contributed by atoms with Crippen LogP contribution in [0.25, 0.3) is 0 Å². The number of anilines is 1. The molecule has 1 saturated heterocycles. The van der Waals surface area contributed by atoms with Crippen LogP contribution in [0.4, 0.5) is 5.69 Å². The molecule has 1 heterocycles. The second-order valence-corrected chi connectivity index (χ2v) is 7.54. The molecule has 0 saturated carbocycles. The lowest BCUT2D eigenvalue weighted by Crippen LogP contribution is -2.42. The van der Waals surface area contributed by atoms with Gasteiger partial charge in [0, 0.05) is 57.0 Å². The number of nitrogens with zero attached hydrogens (tertiary/aromatic N) is 2. The standard InChI is InChI=1S/C20H31N3O3/c1-6-26-15(2)18(24)21-13-20(3)11-12-23(14-20)19(25)16-7-9-17(10-8-16)22(4)5/h7-10,15H,6,11-14H2,1-5H3,(H,21,24). The second kappa shape index (κ2) is 8.54. The van der Waals surface area contributed by atoms with Gasteiger partial charge in [-0.05, 0) is 44.5 Å². The van der Waals surface area contributed by atoms with Gasteiger partial charge in [-0.3, -0.25) is 9.59 Å². The first kappa shape index (κ1) is 20.2. The maximum Gasteiger partial charge on any atom is 0.253 e. The van der Waals surface area contributed by atoms with Gasteiger partial charge in [0.05, 0.1) is 0 Å². The fourth-order valence-electron chi connectivity index (χ4n) is 3.20. The summed E-state index contributed by atoms with van der Waals surface area (Å²) in [6.07, 6.45) is 0.426. The zero-order valence-corrected chi connectivity index (χ0v) is 16.5. The van der Waals surface area contributed by atoms with E-state index < -0.39 is 6.10 Å². The van der Waals surface area contributed by atoms with Crippen LogP contribution in [0.2, 0.25) is 0 Å². The van der Waals surface area contributed by atoms with Gasteiger partial charge >= 0.3 is 0 Å². The van der Waals surface area contributed by atoms with Crippen molar-refractivity contribution in [3.8, 4) is 0 Å². The van der Waals surface area contributed by atoms with Crippen molar-refractivity contribution in [3.63, 3.8) is 0 Å². The number of rotatable bonds is 7. The van der Waals surface area contributed by atoms with Gasteiger partial charge in [0.15, 0.2) is 0 Å². The highest BCUT2D eigenvalue weighted by atomic mass is 16.5. The highest BCUT2D eigenvalue weighted by Gasteiger charge is 2.36. The van der Waals surface area contributed by atoms with E-state index in [0.29, 0.717) is 31.8 Å². The molecule has 1 aliphatic heterocycles. The summed E-state index contributed by atoms with van der Waals surface area (Å²) in [5.41, 5.74) is 1.66. The summed E-state index contributed by atoms with van der Waals surface area (Å²) in [7, 11) is 3.95. The number of nitrogens with one attached hydrogen (secondary N) is 1. The van der Waals surface area contributed by atoms with Gasteiger partial charge in [-0.15, -0.1) is 0 Å². The maximum absolute atomic E-state index is 12.8. The van der Waals surface area contributed by atoms with Gasteiger partial charge in [0.2, 0.25) is 5.91 Å². The molecular weight excluding hydrogens is 330 g/mol. The van der Waals surface area contributed by atoms with E-state index in [1.807, 2.05) is 55.1 Å². The minimum absolute atomic E-state index is 0.0491. The minimum Gasteiger partial charge on any atom is -0.378 e. The Morgan fingerprint density at radius 2 is 1.96 bits per heavy atom. The quantitative estimate of drug-likeness (QED) is 0.808. The summed E-state index contributed by atoms with van der Waals surface area (Å²) in [4.78, 5) is 28.7. The molecule has 2 amide bonds. The van der Waals surface area contributed by atoms with E-state index in [1.54, 1.807) is 6.92 Å². The van der Waals surface area contributed by atoms with Gasteiger partial charge < -0.3 is 19.9 Å². The Morgan fingerprint density at radius 1 is 1.31 bits per heavy atom. The van der Waals surface area contributed by atoms with Crippen LogP contribution in [0.3, 0.4) is 0 Å². The van der Waals surface area contributed by atoms with Crippen LogP contribution in [0.15, 0.2) is 24.3 Å². The van der Waals surface area contributed by atoms with Crippen molar-refractivity contribution in [1.82, 2.24) is 10.2 Å². The maximum atomic E-state index is 12.8. The summed E-state index contributed by atoms with van der Waals surface area (Å²) in [5, 5.41) is 2.96. The summed E-state index contributed by atoms with van der Waals surface area (Å²) < 4.78 is 5.32. The number of likely N-dealkylation sites (tertiary alicyclic amines) is 1. The Labute approximate surface area is 156 Å². The molecule has 6 nitrogen and oxygen atoms in total. The van der Waals surface area contributed by atoms with Gasteiger partial charge in [-0.1, -0.05) is 6.92 Å². The van der Waals surface area contributed by atoms with Gasteiger partial charge in [0.25, 0.3) is 5.91 Å². The number of hydrogen-bond acceptors (Lipinski definition) is 4.